The lowest BCUT2D eigenvalue weighted by Crippen LogP contribution is -2.32. The summed E-state index contributed by atoms with van der Waals surface area (Å²) in [5, 5.41) is 5.13. The molecule has 0 heterocycles. The monoisotopic (exact) mass is 331 g/mol. The van der Waals surface area contributed by atoms with Crippen LogP contribution < -0.4 is 16.4 Å². The quantitative estimate of drug-likeness (QED) is 0.606. The first-order valence-corrected chi connectivity index (χ1v) is 7.14. The van der Waals surface area contributed by atoms with Gasteiger partial charge in [-0.25, -0.2) is 4.39 Å². The summed E-state index contributed by atoms with van der Waals surface area (Å²) in [4.78, 5) is 23.1. The van der Waals surface area contributed by atoms with Crippen LogP contribution in [0.15, 0.2) is 24.3 Å². The summed E-state index contributed by atoms with van der Waals surface area (Å²) in [7, 11) is 0. The SMILES string of the molecule is Cl.NCCCCCCC(=O)NCC(=O)Nc1ccc(F)cc1. The molecule has 0 radical (unpaired) electrons. The van der Waals surface area contributed by atoms with E-state index in [9.17, 15) is 14.0 Å². The molecule has 124 valence electrons. The summed E-state index contributed by atoms with van der Waals surface area (Å²) >= 11 is 0. The van der Waals surface area contributed by atoms with E-state index >= 15 is 0 Å². The van der Waals surface area contributed by atoms with Gasteiger partial charge < -0.3 is 16.4 Å². The number of benzene rings is 1. The summed E-state index contributed by atoms with van der Waals surface area (Å²) < 4.78 is 12.7. The van der Waals surface area contributed by atoms with Gasteiger partial charge in [0.15, 0.2) is 0 Å². The molecular formula is C15H23ClFN3O2. The van der Waals surface area contributed by atoms with E-state index in [0.29, 0.717) is 18.7 Å². The minimum atomic E-state index is -0.365. The summed E-state index contributed by atoms with van der Waals surface area (Å²) in [5.41, 5.74) is 5.88. The molecule has 4 N–H and O–H groups in total. The van der Waals surface area contributed by atoms with Gasteiger partial charge in [-0.3, -0.25) is 9.59 Å². The fourth-order valence-electron chi connectivity index (χ4n) is 1.79. The van der Waals surface area contributed by atoms with Crippen LogP contribution in [0.5, 0.6) is 0 Å². The van der Waals surface area contributed by atoms with E-state index in [1.807, 2.05) is 0 Å². The average Bonchev–Trinajstić information content (AvgIpc) is 2.47. The minimum Gasteiger partial charge on any atom is -0.347 e. The van der Waals surface area contributed by atoms with Crippen LogP contribution in [0, 0.1) is 5.82 Å². The van der Waals surface area contributed by atoms with Gasteiger partial charge in [0.1, 0.15) is 5.82 Å². The normalized spacial score (nSPS) is 9.73. The Bertz CT molecular complexity index is 455. The van der Waals surface area contributed by atoms with E-state index in [0.717, 1.165) is 25.7 Å². The van der Waals surface area contributed by atoms with Gasteiger partial charge in [0, 0.05) is 12.1 Å². The van der Waals surface area contributed by atoms with Crippen molar-refractivity contribution in [2.24, 2.45) is 5.73 Å². The zero-order chi connectivity index (χ0) is 15.5. The van der Waals surface area contributed by atoms with Crippen molar-refractivity contribution in [3.05, 3.63) is 30.1 Å². The number of halogens is 2. The lowest BCUT2D eigenvalue weighted by molar-refractivity contribution is -0.124. The largest absolute Gasteiger partial charge is 0.347 e. The van der Waals surface area contributed by atoms with Crippen LogP contribution in [-0.2, 0) is 9.59 Å². The second-order valence-electron chi connectivity index (χ2n) is 4.78. The molecule has 0 aliphatic heterocycles. The second-order valence-corrected chi connectivity index (χ2v) is 4.78. The Labute approximate surface area is 136 Å². The number of hydrogen-bond acceptors (Lipinski definition) is 3. The maximum Gasteiger partial charge on any atom is 0.243 e. The fraction of sp³-hybridized carbons (Fsp3) is 0.467. The van der Waals surface area contributed by atoms with Crippen molar-refractivity contribution in [1.29, 1.82) is 0 Å². The van der Waals surface area contributed by atoms with Crippen LogP contribution in [-0.4, -0.2) is 24.9 Å². The van der Waals surface area contributed by atoms with Gasteiger partial charge in [0.2, 0.25) is 11.8 Å². The highest BCUT2D eigenvalue weighted by atomic mass is 35.5. The molecule has 0 aliphatic carbocycles. The second kappa shape index (κ2) is 11.9. The van der Waals surface area contributed by atoms with Crippen LogP contribution in [0.25, 0.3) is 0 Å². The molecule has 22 heavy (non-hydrogen) atoms. The van der Waals surface area contributed by atoms with Crippen molar-refractivity contribution in [3.63, 3.8) is 0 Å². The number of unbranched alkanes of at least 4 members (excludes halogenated alkanes) is 3. The number of nitrogens with one attached hydrogen (secondary N) is 2. The highest BCUT2D eigenvalue weighted by Gasteiger charge is 2.06. The predicted octanol–water partition coefficient (Wildman–Crippen LogP) is 2.21. The van der Waals surface area contributed by atoms with Crippen molar-refractivity contribution < 1.29 is 14.0 Å². The summed E-state index contributed by atoms with van der Waals surface area (Å²) in [6.07, 6.45) is 4.17. The third-order valence-electron chi connectivity index (χ3n) is 2.93. The lowest BCUT2D eigenvalue weighted by atomic mass is 10.1. The molecule has 1 rings (SSSR count). The molecule has 0 bridgehead atoms. The summed E-state index contributed by atoms with van der Waals surface area (Å²) in [6.45, 7) is 0.592. The standard InChI is InChI=1S/C15H22FN3O2.ClH/c16-12-6-8-13(9-7-12)19-15(21)11-18-14(20)5-3-1-2-4-10-17;/h6-9H,1-5,10-11,17H2,(H,18,20)(H,19,21);1H. The minimum absolute atomic E-state index is 0. The van der Waals surface area contributed by atoms with Gasteiger partial charge in [-0.1, -0.05) is 12.8 Å². The van der Waals surface area contributed by atoms with E-state index in [1.165, 1.54) is 24.3 Å². The fourth-order valence-corrected chi connectivity index (χ4v) is 1.79. The molecule has 0 unspecified atom stereocenters. The summed E-state index contributed by atoms with van der Waals surface area (Å²) in [6, 6.07) is 5.45. The predicted molar refractivity (Wildman–Crippen MR) is 87.4 cm³/mol. The van der Waals surface area contributed by atoms with Crippen molar-refractivity contribution >= 4 is 29.9 Å². The zero-order valence-electron chi connectivity index (χ0n) is 12.4. The van der Waals surface area contributed by atoms with Gasteiger partial charge >= 0.3 is 0 Å². The smallest absolute Gasteiger partial charge is 0.243 e. The number of rotatable bonds is 9. The molecule has 0 atom stereocenters. The summed E-state index contributed by atoms with van der Waals surface area (Å²) in [5.74, 6) is -0.842. The first kappa shape index (κ1) is 20.3. The molecule has 0 fully saturated rings. The third-order valence-corrected chi connectivity index (χ3v) is 2.93. The molecule has 5 nitrogen and oxygen atoms in total. The maximum atomic E-state index is 12.7. The highest BCUT2D eigenvalue weighted by molar-refractivity contribution is 5.94. The van der Waals surface area contributed by atoms with Crippen molar-refractivity contribution in [2.75, 3.05) is 18.4 Å². The van der Waals surface area contributed by atoms with Crippen LogP contribution in [0.4, 0.5) is 10.1 Å². The first-order valence-electron chi connectivity index (χ1n) is 7.14. The van der Waals surface area contributed by atoms with E-state index in [1.54, 1.807) is 0 Å². The Kier molecular flexibility index (Phi) is 11.0. The number of nitrogens with two attached hydrogens (primary N) is 1. The van der Waals surface area contributed by atoms with Gasteiger partial charge in [-0.2, -0.15) is 0 Å². The van der Waals surface area contributed by atoms with E-state index in [4.69, 9.17) is 5.73 Å². The molecule has 1 aromatic rings. The third kappa shape index (κ3) is 9.31. The zero-order valence-corrected chi connectivity index (χ0v) is 13.3. The molecule has 0 spiro atoms. The van der Waals surface area contributed by atoms with Crippen molar-refractivity contribution in [1.82, 2.24) is 5.32 Å². The Morgan fingerprint density at radius 1 is 1.00 bits per heavy atom. The van der Waals surface area contributed by atoms with Gasteiger partial charge in [0.25, 0.3) is 0 Å². The molecule has 7 heteroatoms. The Morgan fingerprint density at radius 2 is 1.64 bits per heavy atom. The van der Waals surface area contributed by atoms with Gasteiger partial charge in [-0.05, 0) is 43.7 Å². The van der Waals surface area contributed by atoms with Crippen LogP contribution >= 0.6 is 12.4 Å². The molecule has 0 aromatic heterocycles. The molecule has 2 amide bonds. The lowest BCUT2D eigenvalue weighted by Gasteiger charge is -2.07. The van der Waals surface area contributed by atoms with E-state index in [-0.39, 0.29) is 36.6 Å². The average molecular weight is 332 g/mol. The van der Waals surface area contributed by atoms with E-state index < -0.39 is 0 Å². The highest BCUT2D eigenvalue weighted by Crippen LogP contribution is 2.07. The van der Waals surface area contributed by atoms with Crippen LogP contribution in [0.3, 0.4) is 0 Å². The van der Waals surface area contributed by atoms with Crippen molar-refractivity contribution in [2.45, 2.75) is 32.1 Å². The Hall–Kier alpha value is -1.66. The number of carbonyl (C=O) groups excluding carboxylic acids is 2. The number of hydrogen-bond donors (Lipinski definition) is 3. The Balaban J connectivity index is 0.00000441. The number of amides is 2. The molecule has 0 aliphatic rings. The topological polar surface area (TPSA) is 84.2 Å². The van der Waals surface area contributed by atoms with Gasteiger partial charge in [0.05, 0.1) is 6.54 Å². The van der Waals surface area contributed by atoms with Crippen molar-refractivity contribution in [3.8, 4) is 0 Å². The van der Waals surface area contributed by atoms with E-state index in [2.05, 4.69) is 10.6 Å². The first-order chi connectivity index (χ1) is 10.1. The van der Waals surface area contributed by atoms with Crippen LogP contribution in [0.1, 0.15) is 32.1 Å². The van der Waals surface area contributed by atoms with Crippen LogP contribution in [0.2, 0.25) is 0 Å². The number of carbonyl (C=O) groups is 2. The molecule has 0 saturated heterocycles. The molecular weight excluding hydrogens is 309 g/mol. The molecule has 1 aromatic carbocycles. The maximum absolute atomic E-state index is 12.7. The Morgan fingerprint density at radius 3 is 2.27 bits per heavy atom. The molecule has 0 saturated carbocycles. The van der Waals surface area contributed by atoms with Gasteiger partial charge in [-0.15, -0.1) is 12.4 Å². The number of anilines is 1.